The van der Waals surface area contributed by atoms with Crippen LogP contribution >= 0.6 is 0 Å². The minimum atomic E-state index is -4.57. The van der Waals surface area contributed by atoms with Gasteiger partial charge >= 0.3 is 6.18 Å². The van der Waals surface area contributed by atoms with Crippen molar-refractivity contribution in [1.82, 2.24) is 9.97 Å². The molecule has 0 radical (unpaired) electrons. The highest BCUT2D eigenvalue weighted by molar-refractivity contribution is 5.99. The van der Waals surface area contributed by atoms with E-state index in [4.69, 9.17) is 4.74 Å². The molecule has 3 heterocycles. The Morgan fingerprint density at radius 2 is 2.18 bits per heavy atom. The number of alkyl halides is 3. The second-order valence-corrected chi connectivity index (χ2v) is 6.69. The Hall–Kier alpha value is -2.88. The molecule has 7 nitrogen and oxygen atoms in total. The molecule has 2 aromatic rings. The number of carbonyl (C=O) groups is 1. The second-order valence-electron chi connectivity index (χ2n) is 6.69. The fourth-order valence-corrected chi connectivity index (χ4v) is 3.24. The maximum atomic E-state index is 13.3. The van der Waals surface area contributed by atoms with Gasteiger partial charge in [0.1, 0.15) is 11.4 Å². The van der Waals surface area contributed by atoms with Crippen molar-refractivity contribution >= 4 is 29.0 Å². The van der Waals surface area contributed by atoms with Crippen LogP contribution in [0.15, 0.2) is 24.4 Å². The molecule has 1 atom stereocenters. The molecule has 2 aliphatic heterocycles. The third kappa shape index (κ3) is 4.01. The number of carbonyl (C=O) groups excluding carboxylic acids is 1. The lowest BCUT2D eigenvalue weighted by Crippen LogP contribution is -2.22. The Bertz CT molecular complexity index is 897. The Morgan fingerprint density at radius 3 is 2.93 bits per heavy atom. The molecule has 0 aliphatic carbocycles. The lowest BCUT2D eigenvalue weighted by atomic mass is 10.1. The molecule has 1 saturated heterocycles. The summed E-state index contributed by atoms with van der Waals surface area (Å²) in [5.74, 6) is -0.364. The zero-order valence-electron chi connectivity index (χ0n) is 14.8. The molecule has 0 spiro atoms. The van der Waals surface area contributed by atoms with Gasteiger partial charge in [-0.2, -0.15) is 18.2 Å². The first kappa shape index (κ1) is 18.5. The number of amides is 1. The Morgan fingerprint density at radius 1 is 1.32 bits per heavy atom. The summed E-state index contributed by atoms with van der Waals surface area (Å²) >= 11 is 0. The summed E-state index contributed by atoms with van der Waals surface area (Å²) in [6, 6.07) is 5.17. The molecule has 28 heavy (non-hydrogen) atoms. The summed E-state index contributed by atoms with van der Waals surface area (Å²) in [4.78, 5) is 19.3. The van der Waals surface area contributed by atoms with Crippen LogP contribution in [0.2, 0.25) is 0 Å². The lowest BCUT2D eigenvalue weighted by molar-refractivity contribution is -0.137. The molecule has 148 valence electrons. The Kier molecular flexibility index (Phi) is 4.80. The van der Waals surface area contributed by atoms with Gasteiger partial charge in [-0.05, 0) is 36.6 Å². The highest BCUT2D eigenvalue weighted by atomic mass is 19.4. The first-order valence-electron chi connectivity index (χ1n) is 8.88. The number of hydrogen-bond donors (Lipinski definition) is 3. The molecule has 10 heteroatoms. The van der Waals surface area contributed by atoms with Crippen molar-refractivity contribution in [3.63, 3.8) is 0 Å². The van der Waals surface area contributed by atoms with Crippen molar-refractivity contribution in [2.24, 2.45) is 0 Å². The van der Waals surface area contributed by atoms with E-state index in [9.17, 15) is 18.0 Å². The van der Waals surface area contributed by atoms with E-state index in [0.717, 1.165) is 30.3 Å². The van der Waals surface area contributed by atoms with Crippen LogP contribution in [-0.2, 0) is 22.1 Å². The Labute approximate surface area is 158 Å². The highest BCUT2D eigenvalue weighted by Crippen LogP contribution is 2.34. The van der Waals surface area contributed by atoms with Crippen molar-refractivity contribution in [2.75, 3.05) is 29.1 Å². The second kappa shape index (κ2) is 7.27. The smallest absolute Gasteiger partial charge is 0.376 e. The molecule has 0 saturated carbocycles. The van der Waals surface area contributed by atoms with Crippen LogP contribution in [0.5, 0.6) is 0 Å². The third-order valence-corrected chi connectivity index (χ3v) is 4.60. The number of benzene rings is 1. The average Bonchev–Trinajstić information content (AvgIpc) is 3.27. The maximum absolute atomic E-state index is 13.3. The van der Waals surface area contributed by atoms with Gasteiger partial charge in [-0.3, -0.25) is 4.79 Å². The zero-order chi connectivity index (χ0) is 19.7. The van der Waals surface area contributed by atoms with Crippen LogP contribution in [0.25, 0.3) is 0 Å². The highest BCUT2D eigenvalue weighted by Gasteiger charge is 2.35. The van der Waals surface area contributed by atoms with E-state index >= 15 is 0 Å². The molecule has 4 rings (SSSR count). The van der Waals surface area contributed by atoms with Crippen molar-refractivity contribution in [2.45, 2.75) is 31.5 Å². The van der Waals surface area contributed by atoms with E-state index in [0.29, 0.717) is 12.3 Å². The molecular weight excluding hydrogens is 375 g/mol. The minimum absolute atomic E-state index is 0.0278. The molecule has 1 aromatic carbocycles. The van der Waals surface area contributed by atoms with Crippen molar-refractivity contribution in [1.29, 1.82) is 0 Å². The van der Waals surface area contributed by atoms with Crippen LogP contribution < -0.4 is 16.0 Å². The molecule has 1 aromatic heterocycles. The zero-order valence-corrected chi connectivity index (χ0v) is 14.8. The van der Waals surface area contributed by atoms with Gasteiger partial charge in [0.2, 0.25) is 11.9 Å². The maximum Gasteiger partial charge on any atom is 0.421 e. The fourth-order valence-electron chi connectivity index (χ4n) is 3.24. The first-order chi connectivity index (χ1) is 13.4. The van der Waals surface area contributed by atoms with Crippen LogP contribution in [-0.4, -0.2) is 35.1 Å². The van der Waals surface area contributed by atoms with Crippen LogP contribution in [0.4, 0.5) is 36.3 Å². The summed E-state index contributed by atoms with van der Waals surface area (Å²) in [6.07, 6.45) is -2.00. The number of anilines is 4. The largest absolute Gasteiger partial charge is 0.421 e. The molecule has 0 unspecified atom stereocenters. The number of nitrogens with zero attached hydrogens (tertiary/aromatic N) is 2. The standard InChI is InChI=1S/C18H18F3N5O2/c19-18(20,21)13-9-23-17(26-16(13)22-8-12-2-1-5-28-12)24-11-3-4-14-10(6-11)7-15(27)25-14/h3-4,6,9,12H,1-2,5,7-8H2,(H,25,27)(H2,22,23,24,26)/t12-/m1/s1. The summed E-state index contributed by atoms with van der Waals surface area (Å²) < 4.78 is 45.3. The van der Waals surface area contributed by atoms with E-state index in [2.05, 4.69) is 25.9 Å². The molecular formula is C18H18F3N5O2. The SMILES string of the molecule is O=C1Cc2cc(Nc3ncc(C(F)(F)F)c(NC[C@H]4CCCO4)n3)ccc2N1. The summed E-state index contributed by atoms with van der Waals surface area (Å²) in [5, 5.41) is 8.36. The topological polar surface area (TPSA) is 88.2 Å². The van der Waals surface area contributed by atoms with E-state index in [-0.39, 0.29) is 36.7 Å². The van der Waals surface area contributed by atoms with Gasteiger partial charge < -0.3 is 20.7 Å². The van der Waals surface area contributed by atoms with Gasteiger partial charge in [0.15, 0.2) is 0 Å². The van der Waals surface area contributed by atoms with E-state index < -0.39 is 11.7 Å². The normalized spacial score (nSPS) is 18.7. The van der Waals surface area contributed by atoms with E-state index in [1.807, 2.05) is 0 Å². The number of ether oxygens (including phenoxy) is 1. The number of aromatic nitrogens is 2. The molecule has 1 fully saturated rings. The minimum Gasteiger partial charge on any atom is -0.376 e. The number of rotatable bonds is 5. The summed E-state index contributed by atoms with van der Waals surface area (Å²) in [6.45, 7) is 0.858. The fraction of sp³-hybridized carbons (Fsp3) is 0.389. The average molecular weight is 393 g/mol. The molecule has 0 bridgehead atoms. The summed E-state index contributed by atoms with van der Waals surface area (Å²) in [5.41, 5.74) is 1.18. The van der Waals surface area contributed by atoms with Crippen LogP contribution in [0, 0.1) is 0 Å². The van der Waals surface area contributed by atoms with Crippen molar-refractivity contribution in [3.05, 3.63) is 35.5 Å². The molecule has 2 aliphatic rings. The van der Waals surface area contributed by atoms with Gasteiger partial charge in [0.05, 0.1) is 12.5 Å². The monoisotopic (exact) mass is 393 g/mol. The predicted octanol–water partition coefficient (Wildman–Crippen LogP) is 3.32. The van der Waals surface area contributed by atoms with Crippen molar-refractivity contribution in [3.8, 4) is 0 Å². The first-order valence-corrected chi connectivity index (χ1v) is 8.88. The molecule has 1 amide bonds. The van der Waals surface area contributed by atoms with Gasteiger partial charge in [-0.25, -0.2) is 4.98 Å². The van der Waals surface area contributed by atoms with Gasteiger partial charge in [0, 0.05) is 30.7 Å². The Balaban J connectivity index is 1.54. The lowest BCUT2D eigenvalue weighted by Gasteiger charge is -2.17. The van der Waals surface area contributed by atoms with Crippen LogP contribution in [0.1, 0.15) is 24.0 Å². The van der Waals surface area contributed by atoms with Gasteiger partial charge in [0.25, 0.3) is 0 Å². The summed E-state index contributed by atoms with van der Waals surface area (Å²) in [7, 11) is 0. The number of nitrogens with one attached hydrogen (secondary N) is 3. The van der Waals surface area contributed by atoms with E-state index in [1.165, 1.54) is 0 Å². The predicted molar refractivity (Wildman–Crippen MR) is 96.6 cm³/mol. The quantitative estimate of drug-likeness (QED) is 0.722. The number of halogens is 3. The van der Waals surface area contributed by atoms with Crippen LogP contribution in [0.3, 0.4) is 0 Å². The number of fused-ring (bicyclic) bond motifs is 1. The van der Waals surface area contributed by atoms with Gasteiger partial charge in [-0.15, -0.1) is 0 Å². The number of hydrogen-bond acceptors (Lipinski definition) is 6. The van der Waals surface area contributed by atoms with E-state index in [1.54, 1.807) is 18.2 Å². The van der Waals surface area contributed by atoms with Crippen molar-refractivity contribution < 1.29 is 22.7 Å². The molecule has 3 N–H and O–H groups in total. The van der Waals surface area contributed by atoms with Gasteiger partial charge in [-0.1, -0.05) is 0 Å². The third-order valence-electron chi connectivity index (χ3n) is 4.60.